The van der Waals surface area contributed by atoms with Gasteiger partial charge in [-0.15, -0.1) is 0 Å². The molecule has 0 spiro atoms. The van der Waals surface area contributed by atoms with Crippen LogP contribution in [0.1, 0.15) is 55.6 Å². The lowest BCUT2D eigenvalue weighted by Crippen LogP contribution is -2.47. The molecule has 4 N–H and O–H groups in total. The van der Waals surface area contributed by atoms with Crippen molar-refractivity contribution >= 4 is 17.6 Å². The molecule has 1 saturated carbocycles. The number of carbonyl (C=O) groups excluding carboxylic acids is 2. The van der Waals surface area contributed by atoms with Crippen LogP contribution in [0.3, 0.4) is 0 Å². The number of ether oxygens (including phenoxy) is 2. The quantitative estimate of drug-likeness (QED) is 0.450. The van der Waals surface area contributed by atoms with E-state index in [1.165, 1.54) is 0 Å². The monoisotopic (exact) mass is 515 g/mol. The van der Waals surface area contributed by atoms with Crippen LogP contribution in [0.5, 0.6) is 5.75 Å². The number of urea groups is 1. The molecule has 37 heavy (non-hydrogen) atoms. The third-order valence-corrected chi connectivity index (χ3v) is 7.34. The summed E-state index contributed by atoms with van der Waals surface area (Å²) < 4.78 is 39.3. The van der Waals surface area contributed by atoms with Crippen molar-refractivity contribution in [1.29, 1.82) is 0 Å². The number of fused-ring (bicyclic) bond motifs is 3. The lowest BCUT2D eigenvalue weighted by atomic mass is 9.84. The predicted octanol–water partition coefficient (Wildman–Crippen LogP) is 3.73. The smallest absolute Gasteiger partial charge is 0.319 e. The first-order valence-corrected chi connectivity index (χ1v) is 12.7. The van der Waals surface area contributed by atoms with Crippen LogP contribution in [-0.2, 0) is 16.1 Å². The third-order valence-electron chi connectivity index (χ3n) is 7.34. The fraction of sp³-hybridized carbons (Fsp3) is 0.481. The first kappa shape index (κ1) is 25.4. The van der Waals surface area contributed by atoms with Gasteiger partial charge in [-0.2, -0.15) is 0 Å². The Morgan fingerprint density at radius 1 is 1.08 bits per heavy atom. The van der Waals surface area contributed by atoms with Crippen LogP contribution in [0.15, 0.2) is 36.4 Å². The zero-order chi connectivity index (χ0) is 25.9. The van der Waals surface area contributed by atoms with E-state index in [4.69, 9.17) is 9.47 Å². The lowest BCUT2D eigenvalue weighted by molar-refractivity contribution is -0.142. The standard InChI is InChI=1S/C27H31F2N3O5/c28-16-5-7-22(29)15(9-16)13-30-25(34)12-19-11-21-20-10-18(32-27(35)31-17-3-1-2-4-17)6-8-23(20)37-26(21)24(14-33)36-19/h5-10,17,19,21,24,26,33H,1-4,11-14H2,(H,30,34)(H2,31,32,35)/t19-,21-,24+,26+/m0/s1. The number of benzene rings is 2. The van der Waals surface area contributed by atoms with E-state index in [2.05, 4.69) is 16.0 Å². The van der Waals surface area contributed by atoms with Crippen molar-refractivity contribution in [1.82, 2.24) is 10.6 Å². The van der Waals surface area contributed by atoms with Crippen molar-refractivity contribution in [3.8, 4) is 5.75 Å². The number of halogens is 2. The average Bonchev–Trinajstić information content (AvgIpc) is 3.51. The molecule has 2 heterocycles. The van der Waals surface area contributed by atoms with Gasteiger partial charge in [-0.1, -0.05) is 12.8 Å². The Kier molecular flexibility index (Phi) is 7.57. The van der Waals surface area contributed by atoms with E-state index in [9.17, 15) is 23.5 Å². The summed E-state index contributed by atoms with van der Waals surface area (Å²) in [5, 5.41) is 18.5. The molecule has 2 aromatic carbocycles. The molecule has 2 aliphatic heterocycles. The maximum absolute atomic E-state index is 13.9. The van der Waals surface area contributed by atoms with E-state index in [-0.39, 0.29) is 49.0 Å². The minimum Gasteiger partial charge on any atom is -0.487 e. The number of aliphatic hydroxyl groups is 1. The van der Waals surface area contributed by atoms with Gasteiger partial charge in [0.25, 0.3) is 0 Å². The molecule has 1 aliphatic carbocycles. The number of hydrogen-bond acceptors (Lipinski definition) is 5. The summed E-state index contributed by atoms with van der Waals surface area (Å²) in [6.07, 6.45) is 3.13. The maximum atomic E-state index is 13.9. The Hall–Kier alpha value is -3.24. The van der Waals surface area contributed by atoms with Gasteiger partial charge in [-0.25, -0.2) is 13.6 Å². The largest absolute Gasteiger partial charge is 0.487 e. The van der Waals surface area contributed by atoms with Crippen molar-refractivity contribution in [3.05, 3.63) is 59.2 Å². The second-order valence-electron chi connectivity index (χ2n) is 9.95. The molecular formula is C27H31F2N3O5. The van der Waals surface area contributed by atoms with Crippen molar-refractivity contribution in [2.45, 2.75) is 75.3 Å². The summed E-state index contributed by atoms with van der Waals surface area (Å²) in [4.78, 5) is 25.0. The van der Waals surface area contributed by atoms with E-state index in [0.29, 0.717) is 17.9 Å². The Morgan fingerprint density at radius 2 is 1.89 bits per heavy atom. The first-order valence-electron chi connectivity index (χ1n) is 12.7. The lowest BCUT2D eigenvalue weighted by Gasteiger charge is -2.37. The van der Waals surface area contributed by atoms with E-state index in [1.54, 1.807) is 12.1 Å². The van der Waals surface area contributed by atoms with Crippen LogP contribution in [0.2, 0.25) is 0 Å². The summed E-state index contributed by atoms with van der Waals surface area (Å²) in [6.45, 7) is -0.425. The van der Waals surface area contributed by atoms with Crippen LogP contribution >= 0.6 is 0 Å². The number of hydrogen-bond donors (Lipinski definition) is 4. The Balaban J connectivity index is 1.22. The van der Waals surface area contributed by atoms with Crippen LogP contribution in [-0.4, -0.2) is 48.0 Å². The summed E-state index contributed by atoms with van der Waals surface area (Å²) in [6, 6.07) is 8.49. The molecule has 0 bridgehead atoms. The molecule has 198 valence electrons. The minimum absolute atomic E-state index is 0.00623. The number of nitrogens with one attached hydrogen (secondary N) is 3. The molecule has 2 fully saturated rings. The van der Waals surface area contributed by atoms with Gasteiger partial charge in [0.1, 0.15) is 29.6 Å². The fourth-order valence-electron chi connectivity index (χ4n) is 5.54. The maximum Gasteiger partial charge on any atom is 0.319 e. The van der Waals surface area contributed by atoms with Gasteiger partial charge < -0.3 is 30.5 Å². The molecule has 1 saturated heterocycles. The highest BCUT2D eigenvalue weighted by Crippen LogP contribution is 2.47. The van der Waals surface area contributed by atoms with Gasteiger partial charge in [0.05, 0.1) is 19.1 Å². The molecule has 0 radical (unpaired) electrons. The zero-order valence-electron chi connectivity index (χ0n) is 20.3. The normalized spacial score (nSPS) is 24.6. The van der Waals surface area contributed by atoms with Gasteiger partial charge in [0.2, 0.25) is 5.91 Å². The predicted molar refractivity (Wildman–Crippen MR) is 131 cm³/mol. The molecule has 5 rings (SSSR count). The molecule has 0 aromatic heterocycles. The molecule has 3 amide bonds. The molecular weight excluding hydrogens is 484 g/mol. The highest BCUT2D eigenvalue weighted by Gasteiger charge is 2.46. The van der Waals surface area contributed by atoms with Crippen LogP contribution < -0.4 is 20.7 Å². The Morgan fingerprint density at radius 3 is 2.68 bits per heavy atom. The topological polar surface area (TPSA) is 109 Å². The van der Waals surface area contributed by atoms with Crippen molar-refractivity contribution in [2.75, 3.05) is 11.9 Å². The number of carbonyl (C=O) groups is 2. The summed E-state index contributed by atoms with van der Waals surface area (Å²) >= 11 is 0. The van der Waals surface area contributed by atoms with Gasteiger partial charge >= 0.3 is 6.03 Å². The van der Waals surface area contributed by atoms with E-state index in [1.807, 2.05) is 6.07 Å². The highest BCUT2D eigenvalue weighted by molar-refractivity contribution is 5.89. The minimum atomic E-state index is -0.633. The average molecular weight is 516 g/mol. The molecule has 0 unspecified atom stereocenters. The summed E-state index contributed by atoms with van der Waals surface area (Å²) in [7, 11) is 0. The first-order chi connectivity index (χ1) is 17.9. The van der Waals surface area contributed by atoms with Crippen LogP contribution in [0, 0.1) is 11.6 Å². The van der Waals surface area contributed by atoms with Gasteiger partial charge in [0.15, 0.2) is 0 Å². The van der Waals surface area contributed by atoms with Crippen LogP contribution in [0.4, 0.5) is 19.3 Å². The van der Waals surface area contributed by atoms with Crippen molar-refractivity contribution < 1.29 is 33.0 Å². The molecule has 8 nitrogen and oxygen atoms in total. The van der Waals surface area contributed by atoms with Gasteiger partial charge in [-0.3, -0.25) is 4.79 Å². The van der Waals surface area contributed by atoms with Crippen LogP contribution in [0.25, 0.3) is 0 Å². The van der Waals surface area contributed by atoms with Gasteiger partial charge in [0, 0.05) is 35.3 Å². The second kappa shape index (κ2) is 11.0. The molecule has 2 aromatic rings. The summed E-state index contributed by atoms with van der Waals surface area (Å²) in [5.74, 6) is -1.03. The van der Waals surface area contributed by atoms with Crippen molar-refractivity contribution in [3.63, 3.8) is 0 Å². The molecule has 4 atom stereocenters. The zero-order valence-corrected chi connectivity index (χ0v) is 20.3. The highest BCUT2D eigenvalue weighted by atomic mass is 19.1. The number of anilines is 1. The molecule has 3 aliphatic rings. The van der Waals surface area contributed by atoms with E-state index in [0.717, 1.165) is 49.4 Å². The van der Waals surface area contributed by atoms with Gasteiger partial charge in [-0.05, 0) is 55.7 Å². The third kappa shape index (κ3) is 5.86. The Bertz CT molecular complexity index is 1160. The SMILES string of the molecule is O=C(C[C@@H]1C[C@H]2c3cc(NC(=O)NC4CCCC4)ccc3O[C@H]2[C@@H](CO)O1)NCc1cc(F)ccc1F. The number of amides is 3. The van der Waals surface area contributed by atoms with E-state index < -0.39 is 29.9 Å². The van der Waals surface area contributed by atoms with E-state index >= 15 is 0 Å². The van der Waals surface area contributed by atoms with Crippen molar-refractivity contribution in [2.24, 2.45) is 0 Å². The molecule has 10 heteroatoms. The Labute approximate surface area is 213 Å². The number of rotatable bonds is 7. The second-order valence-corrected chi connectivity index (χ2v) is 9.95. The fourth-order valence-corrected chi connectivity index (χ4v) is 5.54. The summed E-state index contributed by atoms with van der Waals surface area (Å²) in [5.41, 5.74) is 1.58. The number of aliphatic hydroxyl groups excluding tert-OH is 1.